The van der Waals surface area contributed by atoms with Gasteiger partial charge in [0, 0.05) is 5.41 Å². The van der Waals surface area contributed by atoms with E-state index in [1.807, 2.05) is 12.4 Å². The third kappa shape index (κ3) is 8.57. The summed E-state index contributed by atoms with van der Waals surface area (Å²) < 4.78 is 0. The molecular weight excluding hydrogens is 250 g/mol. The fourth-order valence-electron chi connectivity index (χ4n) is 2.72. The summed E-state index contributed by atoms with van der Waals surface area (Å²) in [6, 6.07) is 0. The molecule has 120 valence electrons. The number of nitrogens with one attached hydrogen (secondary N) is 1. The van der Waals surface area contributed by atoms with Gasteiger partial charge in [0.15, 0.2) is 0 Å². The maximum Gasteiger partial charge on any atom is 0.249 e. The molecule has 0 aliphatic carbocycles. The third-order valence-corrected chi connectivity index (χ3v) is 4.31. The van der Waals surface area contributed by atoms with E-state index in [-0.39, 0.29) is 5.91 Å². The standard InChI is InChI=1S/C17H35NO2/c1-4-6-8-10-12-14-17(3,16(19)18-20)15-13-11-9-7-5-2/h20H,4-15H2,1-3H3,(H,18,19). The number of unbranched alkanes of at least 4 members (excludes halogenated alkanes) is 8. The van der Waals surface area contributed by atoms with Gasteiger partial charge in [0.1, 0.15) is 0 Å². The molecule has 0 rings (SSSR count). The predicted molar refractivity (Wildman–Crippen MR) is 84.8 cm³/mol. The Morgan fingerprint density at radius 2 is 1.25 bits per heavy atom. The molecule has 0 aromatic rings. The molecule has 0 saturated carbocycles. The van der Waals surface area contributed by atoms with Crippen LogP contribution in [0.25, 0.3) is 0 Å². The van der Waals surface area contributed by atoms with Gasteiger partial charge < -0.3 is 0 Å². The lowest BCUT2D eigenvalue weighted by atomic mass is 9.79. The predicted octanol–water partition coefficient (Wildman–Crippen LogP) is 5.22. The van der Waals surface area contributed by atoms with Gasteiger partial charge in [-0.3, -0.25) is 10.0 Å². The first-order chi connectivity index (χ1) is 9.60. The largest absolute Gasteiger partial charge is 0.289 e. The summed E-state index contributed by atoms with van der Waals surface area (Å²) in [4.78, 5) is 11.9. The molecule has 0 spiro atoms. The molecule has 0 atom stereocenters. The van der Waals surface area contributed by atoms with Crippen molar-refractivity contribution in [2.45, 2.75) is 97.8 Å². The minimum absolute atomic E-state index is 0.205. The van der Waals surface area contributed by atoms with E-state index in [4.69, 9.17) is 5.21 Å². The van der Waals surface area contributed by atoms with Crippen LogP contribution in [0.5, 0.6) is 0 Å². The number of amides is 1. The summed E-state index contributed by atoms with van der Waals surface area (Å²) in [5, 5.41) is 8.95. The third-order valence-electron chi connectivity index (χ3n) is 4.31. The Morgan fingerprint density at radius 3 is 1.60 bits per heavy atom. The molecule has 0 aromatic carbocycles. The zero-order valence-electron chi connectivity index (χ0n) is 13.8. The smallest absolute Gasteiger partial charge is 0.249 e. The van der Waals surface area contributed by atoms with Crippen LogP contribution in [0, 0.1) is 5.41 Å². The molecule has 0 aliphatic rings. The van der Waals surface area contributed by atoms with Crippen LogP contribution in [-0.4, -0.2) is 11.1 Å². The second-order valence-corrected chi connectivity index (χ2v) is 6.33. The van der Waals surface area contributed by atoms with Crippen molar-refractivity contribution < 1.29 is 10.0 Å². The van der Waals surface area contributed by atoms with Crippen LogP contribution in [0.15, 0.2) is 0 Å². The summed E-state index contributed by atoms with van der Waals surface area (Å²) in [6.45, 7) is 6.41. The number of hydrogen-bond donors (Lipinski definition) is 2. The lowest BCUT2D eigenvalue weighted by molar-refractivity contribution is -0.140. The molecule has 0 unspecified atom stereocenters. The van der Waals surface area contributed by atoms with Crippen molar-refractivity contribution in [3.63, 3.8) is 0 Å². The quantitative estimate of drug-likeness (QED) is 0.277. The van der Waals surface area contributed by atoms with Gasteiger partial charge in [-0.05, 0) is 12.8 Å². The van der Waals surface area contributed by atoms with Gasteiger partial charge in [0.25, 0.3) is 0 Å². The zero-order chi connectivity index (χ0) is 15.3. The van der Waals surface area contributed by atoms with E-state index >= 15 is 0 Å². The molecule has 3 nitrogen and oxygen atoms in total. The monoisotopic (exact) mass is 285 g/mol. The minimum atomic E-state index is -0.396. The molecule has 20 heavy (non-hydrogen) atoms. The molecule has 0 heterocycles. The molecule has 0 aliphatic heterocycles. The Hall–Kier alpha value is -0.570. The molecule has 2 N–H and O–H groups in total. The topological polar surface area (TPSA) is 49.3 Å². The number of carbonyl (C=O) groups is 1. The fourth-order valence-corrected chi connectivity index (χ4v) is 2.72. The lowest BCUT2D eigenvalue weighted by Gasteiger charge is -2.27. The van der Waals surface area contributed by atoms with E-state index in [0.29, 0.717) is 0 Å². The van der Waals surface area contributed by atoms with Crippen molar-refractivity contribution >= 4 is 5.91 Å². The van der Waals surface area contributed by atoms with E-state index in [9.17, 15) is 4.79 Å². The van der Waals surface area contributed by atoms with Gasteiger partial charge in [-0.1, -0.05) is 85.0 Å². The highest BCUT2D eigenvalue weighted by Crippen LogP contribution is 2.31. The number of rotatable bonds is 13. The maximum absolute atomic E-state index is 11.9. The number of hydroxylamine groups is 1. The first kappa shape index (κ1) is 19.4. The van der Waals surface area contributed by atoms with Crippen LogP contribution in [0.4, 0.5) is 0 Å². The molecule has 0 saturated heterocycles. The first-order valence-electron chi connectivity index (χ1n) is 8.55. The van der Waals surface area contributed by atoms with E-state index in [0.717, 1.165) is 25.7 Å². The molecule has 0 radical (unpaired) electrons. The Labute approximate surface area is 125 Å². The summed E-state index contributed by atoms with van der Waals surface area (Å²) in [5.41, 5.74) is 1.48. The highest BCUT2D eigenvalue weighted by molar-refractivity contribution is 5.80. The first-order valence-corrected chi connectivity index (χ1v) is 8.55. The van der Waals surface area contributed by atoms with Crippen molar-refractivity contribution in [3.8, 4) is 0 Å². The van der Waals surface area contributed by atoms with Gasteiger partial charge in [-0.2, -0.15) is 0 Å². The van der Waals surface area contributed by atoms with E-state index in [1.165, 1.54) is 51.4 Å². The highest BCUT2D eigenvalue weighted by atomic mass is 16.5. The SMILES string of the molecule is CCCCCCCC(C)(CCCCCCC)C(=O)NO. The van der Waals surface area contributed by atoms with Gasteiger partial charge in [0.2, 0.25) is 5.91 Å². The van der Waals surface area contributed by atoms with Crippen LogP contribution >= 0.6 is 0 Å². The average molecular weight is 285 g/mol. The molecule has 0 aromatic heterocycles. The Morgan fingerprint density at radius 1 is 0.850 bits per heavy atom. The van der Waals surface area contributed by atoms with Crippen LogP contribution in [0.1, 0.15) is 97.8 Å². The molecule has 0 fully saturated rings. The minimum Gasteiger partial charge on any atom is -0.289 e. The Bertz CT molecular complexity index is 227. The summed E-state index contributed by atoms with van der Waals surface area (Å²) in [7, 11) is 0. The number of carbonyl (C=O) groups excluding carboxylic acids is 1. The summed E-state index contributed by atoms with van der Waals surface area (Å²) in [6.07, 6.45) is 13.9. The van der Waals surface area contributed by atoms with Crippen molar-refractivity contribution in [3.05, 3.63) is 0 Å². The summed E-state index contributed by atoms with van der Waals surface area (Å²) in [5.74, 6) is -0.205. The van der Waals surface area contributed by atoms with Crippen molar-refractivity contribution in [1.29, 1.82) is 0 Å². The number of hydrogen-bond acceptors (Lipinski definition) is 2. The van der Waals surface area contributed by atoms with Crippen LogP contribution in [0.3, 0.4) is 0 Å². The van der Waals surface area contributed by atoms with E-state index < -0.39 is 5.41 Å². The van der Waals surface area contributed by atoms with Gasteiger partial charge >= 0.3 is 0 Å². The van der Waals surface area contributed by atoms with Crippen molar-refractivity contribution in [1.82, 2.24) is 5.48 Å². The summed E-state index contributed by atoms with van der Waals surface area (Å²) >= 11 is 0. The second kappa shape index (κ2) is 12.2. The van der Waals surface area contributed by atoms with Crippen molar-refractivity contribution in [2.75, 3.05) is 0 Å². The van der Waals surface area contributed by atoms with Crippen LogP contribution < -0.4 is 5.48 Å². The Balaban J connectivity index is 4.05. The average Bonchev–Trinajstić information content (AvgIpc) is 2.46. The van der Waals surface area contributed by atoms with Gasteiger partial charge in [0.05, 0.1) is 0 Å². The second-order valence-electron chi connectivity index (χ2n) is 6.33. The van der Waals surface area contributed by atoms with Crippen LogP contribution in [0.2, 0.25) is 0 Å². The molecule has 1 amide bonds. The highest BCUT2D eigenvalue weighted by Gasteiger charge is 2.31. The van der Waals surface area contributed by atoms with Crippen molar-refractivity contribution in [2.24, 2.45) is 5.41 Å². The van der Waals surface area contributed by atoms with E-state index in [1.54, 1.807) is 0 Å². The molecule has 0 bridgehead atoms. The lowest BCUT2D eigenvalue weighted by Crippen LogP contribution is -2.37. The zero-order valence-corrected chi connectivity index (χ0v) is 13.8. The molecule has 3 heteroatoms. The maximum atomic E-state index is 11.9. The molecular formula is C17H35NO2. The van der Waals surface area contributed by atoms with Gasteiger partial charge in [-0.15, -0.1) is 0 Å². The fraction of sp³-hybridized carbons (Fsp3) is 0.941. The van der Waals surface area contributed by atoms with Gasteiger partial charge in [-0.25, -0.2) is 5.48 Å². The Kier molecular flexibility index (Phi) is 11.8. The van der Waals surface area contributed by atoms with Crippen LogP contribution in [-0.2, 0) is 4.79 Å². The normalized spacial score (nSPS) is 11.6. The van der Waals surface area contributed by atoms with E-state index in [2.05, 4.69) is 13.8 Å².